The number of nitro benzene ring substituents is 1. The molecule has 10 nitrogen and oxygen atoms in total. The first-order valence-corrected chi connectivity index (χ1v) is 10.7. The number of ketones is 1. The Morgan fingerprint density at radius 3 is 1.31 bits per heavy atom. The summed E-state index contributed by atoms with van der Waals surface area (Å²) in [5, 5.41) is 11.1. The summed E-state index contributed by atoms with van der Waals surface area (Å²) in [6.07, 6.45) is 0. The van der Waals surface area contributed by atoms with Crippen molar-refractivity contribution in [2.45, 2.75) is 5.92 Å². The predicted molar refractivity (Wildman–Crippen MR) is 131 cm³/mol. The molecule has 0 saturated carbocycles. The van der Waals surface area contributed by atoms with Gasteiger partial charge >= 0.3 is 0 Å². The number of non-ortho nitro benzene ring substituents is 1. The van der Waals surface area contributed by atoms with Crippen molar-refractivity contribution in [3.05, 3.63) is 75.3 Å². The smallest absolute Gasteiger partial charge is 0.269 e. The largest absolute Gasteiger partial charge is 0.496 e. The molecule has 0 aliphatic carbocycles. The van der Waals surface area contributed by atoms with Crippen LogP contribution in [0.2, 0.25) is 0 Å². The highest BCUT2D eigenvalue weighted by molar-refractivity contribution is 6.05. The van der Waals surface area contributed by atoms with E-state index in [1.54, 1.807) is 24.3 Å². The van der Waals surface area contributed by atoms with Gasteiger partial charge < -0.3 is 28.4 Å². The molecule has 0 N–H and O–H groups in total. The highest BCUT2D eigenvalue weighted by Crippen LogP contribution is 2.49. The number of nitrogens with zero attached hydrogens (tertiary/aromatic N) is 1. The van der Waals surface area contributed by atoms with E-state index in [0.29, 0.717) is 45.6 Å². The average Bonchev–Trinajstić information content (AvgIpc) is 2.92. The fraction of sp³-hybridized carbons (Fsp3) is 0.269. The lowest BCUT2D eigenvalue weighted by atomic mass is 9.82. The van der Waals surface area contributed by atoms with E-state index in [1.807, 2.05) is 0 Å². The number of hydrogen-bond donors (Lipinski definition) is 0. The molecule has 0 radical (unpaired) electrons. The third kappa shape index (κ3) is 4.97. The highest BCUT2D eigenvalue weighted by Gasteiger charge is 2.36. The van der Waals surface area contributed by atoms with Crippen LogP contribution in [0.15, 0.2) is 48.5 Å². The number of nitro groups is 1. The highest BCUT2D eigenvalue weighted by atomic mass is 16.6. The molecule has 3 aromatic rings. The molecule has 0 aliphatic heterocycles. The quantitative estimate of drug-likeness (QED) is 0.212. The van der Waals surface area contributed by atoms with E-state index < -0.39 is 16.6 Å². The Morgan fingerprint density at radius 1 is 0.667 bits per heavy atom. The Balaban J connectivity index is 2.39. The minimum atomic E-state index is -1.06. The molecule has 0 unspecified atom stereocenters. The Morgan fingerprint density at radius 2 is 1.03 bits per heavy atom. The number of carbonyl (C=O) groups excluding carboxylic acids is 1. The first-order valence-electron chi connectivity index (χ1n) is 10.7. The number of rotatable bonds is 11. The van der Waals surface area contributed by atoms with Crippen molar-refractivity contribution in [2.24, 2.45) is 0 Å². The maximum Gasteiger partial charge on any atom is 0.269 e. The van der Waals surface area contributed by atoms with Crippen LogP contribution in [-0.4, -0.2) is 53.4 Å². The monoisotopic (exact) mass is 497 g/mol. The van der Waals surface area contributed by atoms with E-state index in [4.69, 9.17) is 28.4 Å². The summed E-state index contributed by atoms with van der Waals surface area (Å²) in [5.41, 5.74) is 0.879. The fourth-order valence-electron chi connectivity index (χ4n) is 3.95. The van der Waals surface area contributed by atoms with Crippen LogP contribution in [0.3, 0.4) is 0 Å². The Bertz CT molecular complexity index is 1140. The number of Topliss-reactive ketones (excluding diaryl/α,β-unsaturated/α-hetero) is 1. The van der Waals surface area contributed by atoms with E-state index in [-0.39, 0.29) is 11.3 Å². The van der Waals surface area contributed by atoms with Crippen molar-refractivity contribution >= 4 is 11.5 Å². The molecule has 0 bridgehead atoms. The van der Waals surface area contributed by atoms with Gasteiger partial charge in [0.2, 0.25) is 0 Å². The lowest BCUT2D eigenvalue weighted by Crippen LogP contribution is -2.18. The number of ether oxygens (including phenoxy) is 6. The third-order valence-electron chi connectivity index (χ3n) is 5.71. The summed E-state index contributed by atoms with van der Waals surface area (Å²) in [5.74, 6) is 0.771. The molecular weight excluding hydrogens is 470 g/mol. The van der Waals surface area contributed by atoms with Gasteiger partial charge in [0.25, 0.3) is 5.69 Å². The maximum absolute atomic E-state index is 14.2. The van der Waals surface area contributed by atoms with Gasteiger partial charge in [0.1, 0.15) is 34.5 Å². The standard InChI is InChI=1S/C26H27NO9/c1-31-17-11-19(33-3)23(20(12-17)34-4)25(26(28)15-7-9-16(10-8-15)27(29)30)24-21(35-5)13-18(32-2)14-22(24)36-6/h7-14,25H,1-6H3. The lowest BCUT2D eigenvalue weighted by molar-refractivity contribution is -0.384. The first kappa shape index (κ1) is 26.1. The molecule has 10 heteroatoms. The van der Waals surface area contributed by atoms with Gasteiger partial charge in [0.15, 0.2) is 5.78 Å². The van der Waals surface area contributed by atoms with Crippen LogP contribution in [0, 0.1) is 10.1 Å². The van der Waals surface area contributed by atoms with E-state index in [2.05, 4.69) is 0 Å². The number of benzene rings is 3. The van der Waals surface area contributed by atoms with Gasteiger partial charge in [-0.2, -0.15) is 0 Å². The van der Waals surface area contributed by atoms with E-state index in [1.165, 1.54) is 66.9 Å². The van der Waals surface area contributed by atoms with Crippen LogP contribution in [-0.2, 0) is 0 Å². The Labute approximate surface area is 208 Å². The summed E-state index contributed by atoms with van der Waals surface area (Å²) in [6.45, 7) is 0. The summed E-state index contributed by atoms with van der Waals surface area (Å²) < 4.78 is 33.3. The molecule has 190 valence electrons. The minimum absolute atomic E-state index is 0.137. The van der Waals surface area contributed by atoms with Gasteiger partial charge in [-0.3, -0.25) is 14.9 Å². The molecule has 36 heavy (non-hydrogen) atoms. The minimum Gasteiger partial charge on any atom is -0.496 e. The second-order valence-electron chi connectivity index (χ2n) is 7.49. The zero-order valence-electron chi connectivity index (χ0n) is 20.8. The van der Waals surface area contributed by atoms with Crippen molar-refractivity contribution in [1.82, 2.24) is 0 Å². The van der Waals surface area contributed by atoms with Crippen molar-refractivity contribution < 1.29 is 38.1 Å². The summed E-state index contributed by atoms with van der Waals surface area (Å²) in [4.78, 5) is 24.8. The zero-order chi connectivity index (χ0) is 26.4. The number of hydrogen-bond acceptors (Lipinski definition) is 9. The number of carbonyl (C=O) groups is 1. The Hall–Kier alpha value is -4.47. The molecule has 3 rings (SSSR count). The molecule has 3 aromatic carbocycles. The van der Waals surface area contributed by atoms with Gasteiger partial charge in [-0.15, -0.1) is 0 Å². The molecule has 0 spiro atoms. The maximum atomic E-state index is 14.2. The second kappa shape index (κ2) is 11.3. The van der Waals surface area contributed by atoms with Gasteiger partial charge in [0.05, 0.1) is 64.6 Å². The zero-order valence-corrected chi connectivity index (χ0v) is 20.8. The first-order chi connectivity index (χ1) is 17.3. The fourth-order valence-corrected chi connectivity index (χ4v) is 3.95. The lowest BCUT2D eigenvalue weighted by Gasteiger charge is -2.26. The Kier molecular flexibility index (Phi) is 8.21. The summed E-state index contributed by atoms with van der Waals surface area (Å²) in [7, 11) is 8.87. The molecule has 0 aromatic heterocycles. The number of methoxy groups -OCH3 is 6. The molecule has 0 aliphatic rings. The summed E-state index contributed by atoms with van der Waals surface area (Å²) >= 11 is 0. The van der Waals surface area contributed by atoms with Gasteiger partial charge in [-0.05, 0) is 12.1 Å². The van der Waals surface area contributed by atoms with Crippen molar-refractivity contribution in [3.8, 4) is 34.5 Å². The van der Waals surface area contributed by atoms with Crippen molar-refractivity contribution in [1.29, 1.82) is 0 Å². The van der Waals surface area contributed by atoms with Crippen LogP contribution < -0.4 is 28.4 Å². The molecule has 0 fully saturated rings. The summed E-state index contributed by atoms with van der Waals surface area (Å²) in [6, 6.07) is 11.9. The van der Waals surface area contributed by atoms with E-state index in [0.717, 1.165) is 0 Å². The van der Waals surface area contributed by atoms with Crippen LogP contribution in [0.5, 0.6) is 34.5 Å². The molecule has 0 saturated heterocycles. The molecule has 0 atom stereocenters. The topological polar surface area (TPSA) is 116 Å². The average molecular weight is 498 g/mol. The normalized spacial score (nSPS) is 10.5. The van der Waals surface area contributed by atoms with Crippen LogP contribution >= 0.6 is 0 Å². The van der Waals surface area contributed by atoms with E-state index in [9.17, 15) is 14.9 Å². The van der Waals surface area contributed by atoms with Gasteiger partial charge in [0, 0.05) is 42.0 Å². The third-order valence-corrected chi connectivity index (χ3v) is 5.71. The van der Waals surface area contributed by atoms with Crippen molar-refractivity contribution in [2.75, 3.05) is 42.7 Å². The van der Waals surface area contributed by atoms with Gasteiger partial charge in [-0.25, -0.2) is 0 Å². The van der Waals surface area contributed by atoms with Crippen molar-refractivity contribution in [3.63, 3.8) is 0 Å². The predicted octanol–water partition coefficient (Wildman–Crippen LogP) is 4.66. The molecular formula is C26H27NO9. The molecule has 0 amide bonds. The van der Waals surface area contributed by atoms with Crippen LogP contribution in [0.1, 0.15) is 27.4 Å². The van der Waals surface area contributed by atoms with Gasteiger partial charge in [-0.1, -0.05) is 0 Å². The van der Waals surface area contributed by atoms with E-state index >= 15 is 0 Å². The van der Waals surface area contributed by atoms with Crippen LogP contribution in [0.4, 0.5) is 5.69 Å². The molecule has 0 heterocycles. The van der Waals surface area contributed by atoms with Crippen LogP contribution in [0.25, 0.3) is 0 Å². The SMILES string of the molecule is COc1cc(OC)c(C(C(=O)c2ccc([N+](=O)[O-])cc2)c2c(OC)cc(OC)cc2OC)c(OC)c1. The second-order valence-corrected chi connectivity index (χ2v) is 7.49.